The summed E-state index contributed by atoms with van der Waals surface area (Å²) in [5.74, 6) is -0.0252. The van der Waals surface area contributed by atoms with Crippen LogP contribution in [0.15, 0.2) is 48.5 Å². The Kier molecular flexibility index (Phi) is 5.81. The van der Waals surface area contributed by atoms with Gasteiger partial charge in [0.25, 0.3) is 0 Å². The van der Waals surface area contributed by atoms with Gasteiger partial charge in [-0.1, -0.05) is 48.0 Å². The lowest BCUT2D eigenvalue weighted by Crippen LogP contribution is -2.28. The van der Waals surface area contributed by atoms with Gasteiger partial charge >= 0.3 is 0 Å². The molecule has 1 aliphatic rings. The number of halogens is 3. The summed E-state index contributed by atoms with van der Waals surface area (Å²) in [4.78, 5) is 2.30. The Balaban J connectivity index is 0.00000176. The molecule has 3 rings (SSSR count). The highest BCUT2D eigenvalue weighted by Crippen LogP contribution is 2.28. The third kappa shape index (κ3) is 3.79. The molecule has 1 saturated heterocycles. The molecule has 0 bridgehead atoms. The van der Waals surface area contributed by atoms with Crippen molar-refractivity contribution >= 4 is 24.0 Å². The van der Waals surface area contributed by atoms with Gasteiger partial charge in [0.1, 0.15) is 5.82 Å². The summed E-state index contributed by atoms with van der Waals surface area (Å²) in [6.45, 7) is 2.51. The monoisotopic (exact) mass is 340 g/mol. The molecular weight excluding hydrogens is 322 g/mol. The average molecular weight is 341 g/mol. The van der Waals surface area contributed by atoms with Crippen LogP contribution in [-0.4, -0.2) is 24.0 Å². The number of rotatable bonds is 3. The molecule has 118 valence electrons. The third-order valence-electron chi connectivity index (χ3n) is 4.06. The Morgan fingerprint density at radius 1 is 1.14 bits per heavy atom. The zero-order valence-electron chi connectivity index (χ0n) is 12.1. The molecule has 5 heteroatoms. The van der Waals surface area contributed by atoms with Crippen molar-refractivity contribution in [3.05, 3.63) is 70.5 Å². The van der Waals surface area contributed by atoms with E-state index in [1.165, 1.54) is 11.6 Å². The van der Waals surface area contributed by atoms with Crippen LogP contribution < -0.4 is 5.73 Å². The minimum absolute atomic E-state index is 0. The number of likely N-dealkylation sites (tertiary alicyclic amines) is 1. The highest BCUT2D eigenvalue weighted by molar-refractivity contribution is 6.30. The highest BCUT2D eigenvalue weighted by atomic mass is 35.5. The van der Waals surface area contributed by atoms with E-state index in [1.807, 2.05) is 18.2 Å². The molecular formula is C17H19Cl2FN2. The first-order chi connectivity index (χ1) is 10.1. The lowest BCUT2D eigenvalue weighted by Gasteiger charge is -2.16. The Labute approximate surface area is 141 Å². The summed E-state index contributed by atoms with van der Waals surface area (Å²) in [5, 5.41) is 0.176. The quantitative estimate of drug-likeness (QED) is 0.919. The van der Waals surface area contributed by atoms with E-state index in [4.69, 9.17) is 17.3 Å². The van der Waals surface area contributed by atoms with E-state index in [2.05, 4.69) is 17.0 Å². The van der Waals surface area contributed by atoms with Gasteiger partial charge in [0.05, 0.1) is 5.02 Å². The van der Waals surface area contributed by atoms with Crippen LogP contribution in [0, 0.1) is 5.82 Å². The molecule has 0 aliphatic carbocycles. The fourth-order valence-corrected chi connectivity index (χ4v) is 3.19. The molecule has 0 saturated carbocycles. The largest absolute Gasteiger partial charge is 0.326 e. The molecule has 1 aliphatic heterocycles. The predicted octanol–water partition coefficient (Wildman–Crippen LogP) is 3.83. The number of hydrogen-bond acceptors (Lipinski definition) is 2. The summed E-state index contributed by atoms with van der Waals surface area (Å²) in [7, 11) is 0. The molecule has 0 unspecified atom stereocenters. The second-order valence-corrected chi connectivity index (χ2v) is 6.03. The Morgan fingerprint density at radius 2 is 1.86 bits per heavy atom. The van der Waals surface area contributed by atoms with Gasteiger partial charge in [0.15, 0.2) is 0 Å². The fraction of sp³-hybridized carbons (Fsp3) is 0.294. The van der Waals surface area contributed by atoms with E-state index in [1.54, 1.807) is 12.1 Å². The minimum Gasteiger partial charge on any atom is -0.326 e. The van der Waals surface area contributed by atoms with Crippen LogP contribution in [0.1, 0.15) is 17.0 Å². The molecule has 0 aromatic heterocycles. The van der Waals surface area contributed by atoms with E-state index >= 15 is 0 Å². The summed E-state index contributed by atoms with van der Waals surface area (Å²) in [6.07, 6.45) is 0. The maximum absolute atomic E-state index is 13.2. The Morgan fingerprint density at radius 3 is 2.55 bits per heavy atom. The Bertz CT molecular complexity index is 621. The molecule has 0 spiro atoms. The van der Waals surface area contributed by atoms with Gasteiger partial charge in [0, 0.05) is 31.6 Å². The first-order valence-corrected chi connectivity index (χ1v) is 7.48. The van der Waals surface area contributed by atoms with Gasteiger partial charge in [-0.15, -0.1) is 12.4 Å². The van der Waals surface area contributed by atoms with Crippen LogP contribution >= 0.6 is 24.0 Å². The topological polar surface area (TPSA) is 29.3 Å². The van der Waals surface area contributed by atoms with Crippen LogP contribution in [0.5, 0.6) is 0 Å². The molecule has 2 atom stereocenters. The zero-order valence-corrected chi connectivity index (χ0v) is 13.7. The maximum Gasteiger partial charge on any atom is 0.141 e. The van der Waals surface area contributed by atoms with E-state index in [0.29, 0.717) is 5.92 Å². The summed E-state index contributed by atoms with van der Waals surface area (Å²) in [6, 6.07) is 15.4. The molecule has 2 aromatic rings. The van der Waals surface area contributed by atoms with Crippen LogP contribution in [-0.2, 0) is 6.54 Å². The maximum atomic E-state index is 13.2. The van der Waals surface area contributed by atoms with E-state index in [9.17, 15) is 4.39 Å². The van der Waals surface area contributed by atoms with Crippen molar-refractivity contribution in [1.29, 1.82) is 0 Å². The van der Waals surface area contributed by atoms with Crippen molar-refractivity contribution in [3.63, 3.8) is 0 Å². The number of nitrogens with zero attached hydrogens (tertiary/aromatic N) is 1. The van der Waals surface area contributed by atoms with Crippen LogP contribution in [0.4, 0.5) is 4.39 Å². The molecule has 1 heterocycles. The van der Waals surface area contributed by atoms with Crippen LogP contribution in [0.3, 0.4) is 0 Å². The van der Waals surface area contributed by atoms with Crippen LogP contribution in [0.2, 0.25) is 5.02 Å². The Hall–Kier alpha value is -1.13. The van der Waals surface area contributed by atoms with Crippen molar-refractivity contribution in [2.45, 2.75) is 18.5 Å². The van der Waals surface area contributed by atoms with Crippen molar-refractivity contribution in [1.82, 2.24) is 4.90 Å². The van der Waals surface area contributed by atoms with Gasteiger partial charge in [-0.3, -0.25) is 4.90 Å². The molecule has 22 heavy (non-hydrogen) atoms. The predicted molar refractivity (Wildman–Crippen MR) is 91.1 cm³/mol. The minimum atomic E-state index is -0.374. The summed E-state index contributed by atoms with van der Waals surface area (Å²) in [5.41, 5.74) is 8.58. The van der Waals surface area contributed by atoms with Crippen molar-refractivity contribution in [2.75, 3.05) is 13.1 Å². The van der Waals surface area contributed by atoms with E-state index in [0.717, 1.165) is 25.2 Å². The number of benzene rings is 2. The average Bonchev–Trinajstić information content (AvgIpc) is 2.84. The first kappa shape index (κ1) is 17.2. The smallest absolute Gasteiger partial charge is 0.141 e. The van der Waals surface area contributed by atoms with Crippen LogP contribution in [0.25, 0.3) is 0 Å². The molecule has 0 amide bonds. The summed E-state index contributed by atoms with van der Waals surface area (Å²) < 4.78 is 13.2. The number of nitrogens with two attached hydrogens (primary N) is 1. The lowest BCUT2D eigenvalue weighted by atomic mass is 9.95. The van der Waals surface area contributed by atoms with Crippen molar-refractivity contribution < 1.29 is 4.39 Å². The standard InChI is InChI=1S/C17H18ClFN2.ClH/c18-15-8-12(6-7-16(15)19)9-21-10-14(17(20)11-21)13-4-2-1-3-5-13;/h1-8,14,17H,9-11,20H2;1H/t14-,17+;/m0./s1. The second kappa shape index (κ2) is 7.42. The molecule has 2 nitrogen and oxygen atoms in total. The lowest BCUT2D eigenvalue weighted by molar-refractivity contribution is 0.323. The van der Waals surface area contributed by atoms with Gasteiger partial charge in [-0.25, -0.2) is 4.39 Å². The van der Waals surface area contributed by atoms with Crippen molar-refractivity contribution in [2.24, 2.45) is 5.73 Å². The first-order valence-electron chi connectivity index (χ1n) is 7.10. The summed E-state index contributed by atoms with van der Waals surface area (Å²) >= 11 is 5.83. The fourth-order valence-electron chi connectivity index (χ4n) is 2.99. The normalized spacial score (nSPS) is 21.6. The highest BCUT2D eigenvalue weighted by Gasteiger charge is 2.30. The third-order valence-corrected chi connectivity index (χ3v) is 4.35. The SMILES string of the molecule is Cl.N[C@@H]1CN(Cc2ccc(F)c(Cl)c2)C[C@H]1c1ccccc1. The molecule has 2 aromatic carbocycles. The van der Waals surface area contributed by atoms with E-state index in [-0.39, 0.29) is 29.3 Å². The molecule has 0 radical (unpaired) electrons. The molecule has 1 fully saturated rings. The van der Waals surface area contributed by atoms with E-state index < -0.39 is 0 Å². The van der Waals surface area contributed by atoms with Gasteiger partial charge in [-0.2, -0.15) is 0 Å². The zero-order chi connectivity index (χ0) is 14.8. The van der Waals surface area contributed by atoms with Gasteiger partial charge in [0.2, 0.25) is 0 Å². The van der Waals surface area contributed by atoms with Gasteiger partial charge in [-0.05, 0) is 23.3 Å². The van der Waals surface area contributed by atoms with Crippen molar-refractivity contribution in [3.8, 4) is 0 Å². The second-order valence-electron chi connectivity index (χ2n) is 5.62. The number of hydrogen-bond donors (Lipinski definition) is 1. The molecule has 2 N–H and O–H groups in total. The van der Waals surface area contributed by atoms with Gasteiger partial charge < -0.3 is 5.73 Å².